The van der Waals surface area contributed by atoms with Crippen molar-refractivity contribution in [3.63, 3.8) is 0 Å². The maximum atomic E-state index is 12.9. The second-order valence-corrected chi connectivity index (χ2v) is 24.1. The van der Waals surface area contributed by atoms with Crippen molar-refractivity contribution in [2.75, 3.05) is 13.2 Å². The number of allylic oxidation sites excluding steroid dienone is 8. The van der Waals surface area contributed by atoms with Gasteiger partial charge in [-0.1, -0.05) is 333 Å². The van der Waals surface area contributed by atoms with Crippen LogP contribution in [-0.4, -0.2) is 37.2 Å². The fourth-order valence-electron chi connectivity index (χ4n) is 10.7. The summed E-state index contributed by atoms with van der Waals surface area (Å²) in [5, 5.41) is 0. The van der Waals surface area contributed by atoms with E-state index in [1.165, 1.54) is 263 Å². The third-order valence-corrected chi connectivity index (χ3v) is 16.1. The molecule has 6 nitrogen and oxygen atoms in total. The Balaban J connectivity index is 4.23. The summed E-state index contributed by atoms with van der Waals surface area (Å²) in [5.41, 5.74) is 0. The van der Waals surface area contributed by atoms with E-state index in [1.54, 1.807) is 0 Å². The number of hydrogen-bond acceptors (Lipinski definition) is 6. The quantitative estimate of drug-likeness (QED) is 0.0261. The summed E-state index contributed by atoms with van der Waals surface area (Å²) in [5.74, 6) is -0.859. The van der Waals surface area contributed by atoms with E-state index >= 15 is 0 Å². The number of unbranched alkanes of at least 4 members (excludes halogenated alkanes) is 47. The van der Waals surface area contributed by atoms with Crippen LogP contribution in [0.15, 0.2) is 48.6 Å². The van der Waals surface area contributed by atoms with E-state index < -0.39 is 6.10 Å². The SMILES string of the molecule is CCCCCC/C=C\C/C=C\CCCCCCCC(=O)OCC(COC(=O)CCCCCCCCCCCCCCCCCCC/C=C\C/C=C\CCCCCCC)OC(=O)CCCCCCCCCCCCCCCCCCC. The standard InChI is InChI=1S/C74H136O6/c1-4-7-10-13-16-19-22-25-28-31-32-33-34-35-36-37-38-39-40-41-42-44-46-49-52-55-58-61-64-67-73(76)79-70-71(69-78-72(75)66-63-60-57-54-51-48-45-30-27-24-21-18-15-12-9-6-3)80-74(77)68-65-62-59-56-53-50-47-43-29-26-23-20-17-14-11-8-5-2/h21-22,24-25,30-32,45,71H,4-20,23,26-29,33-44,46-70H2,1-3H3/b24-21-,25-22-,32-31-,45-30-. The molecule has 0 aromatic carbocycles. The predicted octanol–water partition coefficient (Wildman–Crippen LogP) is 24.5. The van der Waals surface area contributed by atoms with Gasteiger partial charge in [0.1, 0.15) is 13.2 Å². The summed E-state index contributed by atoms with van der Waals surface area (Å²) >= 11 is 0. The second kappa shape index (κ2) is 68.9. The van der Waals surface area contributed by atoms with Gasteiger partial charge in [-0.25, -0.2) is 0 Å². The van der Waals surface area contributed by atoms with Crippen molar-refractivity contribution < 1.29 is 28.6 Å². The molecule has 0 aromatic rings. The first-order chi connectivity index (χ1) is 39.5. The van der Waals surface area contributed by atoms with E-state index in [0.717, 1.165) is 83.5 Å². The number of carbonyl (C=O) groups is 3. The zero-order valence-corrected chi connectivity index (χ0v) is 53.9. The lowest BCUT2D eigenvalue weighted by molar-refractivity contribution is -0.167. The van der Waals surface area contributed by atoms with Crippen LogP contribution in [0.5, 0.6) is 0 Å². The van der Waals surface area contributed by atoms with Crippen LogP contribution in [0.3, 0.4) is 0 Å². The van der Waals surface area contributed by atoms with Gasteiger partial charge in [0.2, 0.25) is 0 Å². The molecule has 0 aliphatic carbocycles. The Morgan fingerprint density at radius 1 is 0.250 bits per heavy atom. The van der Waals surface area contributed by atoms with Crippen molar-refractivity contribution in [1.82, 2.24) is 0 Å². The fraction of sp³-hybridized carbons (Fsp3) is 0.851. The highest BCUT2D eigenvalue weighted by atomic mass is 16.6. The summed E-state index contributed by atoms with van der Waals surface area (Å²) in [6.45, 7) is 6.67. The lowest BCUT2D eigenvalue weighted by Gasteiger charge is -2.18. The van der Waals surface area contributed by atoms with Crippen molar-refractivity contribution in [2.24, 2.45) is 0 Å². The van der Waals surface area contributed by atoms with E-state index in [1.807, 2.05) is 0 Å². The third kappa shape index (κ3) is 66.2. The smallest absolute Gasteiger partial charge is 0.306 e. The first kappa shape index (κ1) is 77.4. The van der Waals surface area contributed by atoms with Gasteiger partial charge in [0.25, 0.3) is 0 Å². The van der Waals surface area contributed by atoms with Gasteiger partial charge in [-0.2, -0.15) is 0 Å². The van der Waals surface area contributed by atoms with Crippen molar-refractivity contribution in [1.29, 1.82) is 0 Å². The van der Waals surface area contributed by atoms with Gasteiger partial charge < -0.3 is 14.2 Å². The monoisotopic (exact) mass is 1120 g/mol. The summed E-state index contributed by atoms with van der Waals surface area (Å²) in [4.78, 5) is 38.4. The molecule has 80 heavy (non-hydrogen) atoms. The van der Waals surface area contributed by atoms with Gasteiger partial charge in [0.15, 0.2) is 6.10 Å². The Morgan fingerprint density at radius 2 is 0.450 bits per heavy atom. The molecule has 0 spiro atoms. The van der Waals surface area contributed by atoms with Gasteiger partial charge in [-0.05, 0) is 83.5 Å². The maximum absolute atomic E-state index is 12.9. The number of hydrogen-bond donors (Lipinski definition) is 0. The molecule has 468 valence electrons. The molecule has 0 N–H and O–H groups in total. The molecule has 6 heteroatoms. The third-order valence-electron chi connectivity index (χ3n) is 16.1. The van der Waals surface area contributed by atoms with Crippen molar-refractivity contribution in [2.45, 2.75) is 393 Å². The molecule has 0 saturated heterocycles. The molecular weight excluding hydrogens is 985 g/mol. The molecule has 1 atom stereocenters. The molecule has 0 amide bonds. The summed E-state index contributed by atoms with van der Waals surface area (Å²) in [6.07, 6.45) is 87.1. The minimum absolute atomic E-state index is 0.0724. The summed E-state index contributed by atoms with van der Waals surface area (Å²) < 4.78 is 17.0. The van der Waals surface area contributed by atoms with Gasteiger partial charge >= 0.3 is 17.9 Å². The number of rotatable bonds is 66. The van der Waals surface area contributed by atoms with E-state index in [9.17, 15) is 14.4 Å². The van der Waals surface area contributed by atoms with E-state index in [0.29, 0.717) is 19.3 Å². The number of carbonyl (C=O) groups excluding carboxylic acids is 3. The van der Waals surface area contributed by atoms with E-state index in [2.05, 4.69) is 69.4 Å². The summed E-state index contributed by atoms with van der Waals surface area (Å²) in [6, 6.07) is 0. The van der Waals surface area contributed by atoms with Crippen molar-refractivity contribution >= 4 is 17.9 Å². The number of ether oxygens (including phenoxy) is 3. The van der Waals surface area contributed by atoms with Crippen LogP contribution < -0.4 is 0 Å². The zero-order chi connectivity index (χ0) is 57.8. The average molecular weight is 1120 g/mol. The normalized spacial score (nSPS) is 12.3. The Bertz CT molecular complexity index is 1380. The molecule has 0 bridgehead atoms. The first-order valence-electron chi connectivity index (χ1n) is 35.6. The Kier molecular flexibility index (Phi) is 66.6. The largest absolute Gasteiger partial charge is 0.462 e. The molecule has 0 radical (unpaired) electrons. The number of esters is 3. The Labute approximate surface area is 498 Å². The molecular formula is C74H136O6. The van der Waals surface area contributed by atoms with Crippen molar-refractivity contribution in [3.05, 3.63) is 48.6 Å². The lowest BCUT2D eigenvalue weighted by atomic mass is 10.0. The van der Waals surface area contributed by atoms with Crippen LogP contribution in [0, 0.1) is 0 Å². The first-order valence-corrected chi connectivity index (χ1v) is 35.6. The minimum Gasteiger partial charge on any atom is -0.462 e. The van der Waals surface area contributed by atoms with Gasteiger partial charge in [-0.15, -0.1) is 0 Å². The Hall–Kier alpha value is -2.63. The predicted molar refractivity (Wildman–Crippen MR) is 349 cm³/mol. The highest BCUT2D eigenvalue weighted by Gasteiger charge is 2.19. The second-order valence-electron chi connectivity index (χ2n) is 24.1. The van der Waals surface area contributed by atoms with Crippen LogP contribution in [0.1, 0.15) is 387 Å². The van der Waals surface area contributed by atoms with Gasteiger partial charge in [0.05, 0.1) is 0 Å². The van der Waals surface area contributed by atoms with Gasteiger partial charge in [0, 0.05) is 19.3 Å². The topological polar surface area (TPSA) is 78.9 Å². The molecule has 0 aliphatic heterocycles. The fourth-order valence-corrected chi connectivity index (χ4v) is 10.7. The van der Waals surface area contributed by atoms with Crippen LogP contribution in [0.2, 0.25) is 0 Å². The molecule has 0 aliphatic rings. The van der Waals surface area contributed by atoms with Crippen LogP contribution in [0.4, 0.5) is 0 Å². The molecule has 0 saturated carbocycles. The molecule has 0 aromatic heterocycles. The van der Waals surface area contributed by atoms with Crippen LogP contribution in [-0.2, 0) is 28.6 Å². The van der Waals surface area contributed by atoms with Crippen LogP contribution >= 0.6 is 0 Å². The van der Waals surface area contributed by atoms with Gasteiger partial charge in [-0.3, -0.25) is 14.4 Å². The molecule has 0 fully saturated rings. The minimum atomic E-state index is -0.777. The van der Waals surface area contributed by atoms with Crippen molar-refractivity contribution in [3.8, 4) is 0 Å². The highest BCUT2D eigenvalue weighted by Crippen LogP contribution is 2.18. The van der Waals surface area contributed by atoms with E-state index in [-0.39, 0.29) is 31.1 Å². The molecule has 1 unspecified atom stereocenters. The summed E-state index contributed by atoms with van der Waals surface area (Å²) in [7, 11) is 0. The van der Waals surface area contributed by atoms with Crippen LogP contribution in [0.25, 0.3) is 0 Å². The lowest BCUT2D eigenvalue weighted by Crippen LogP contribution is -2.30. The molecule has 0 heterocycles. The highest BCUT2D eigenvalue weighted by molar-refractivity contribution is 5.71. The van der Waals surface area contributed by atoms with E-state index in [4.69, 9.17) is 14.2 Å². The maximum Gasteiger partial charge on any atom is 0.306 e. The average Bonchev–Trinajstić information content (AvgIpc) is 3.46. The Morgan fingerprint density at radius 3 is 0.700 bits per heavy atom. The zero-order valence-electron chi connectivity index (χ0n) is 53.9. The molecule has 0 rings (SSSR count).